The van der Waals surface area contributed by atoms with Gasteiger partial charge in [0.25, 0.3) is 0 Å². The fourth-order valence-electron chi connectivity index (χ4n) is 2.55. The number of nitrogens with zero attached hydrogens (tertiary/aromatic N) is 2. The van der Waals surface area contributed by atoms with Crippen molar-refractivity contribution >= 4 is 11.3 Å². The standard InChI is InChI=1S/C14H25N3S/c1-5-11-6-16-13(14(2,3)4)9-17(11)8-12-7-15-10-18-12/h7,10-11,13,16H,5-6,8-9H2,1-4H3. The van der Waals surface area contributed by atoms with E-state index in [1.807, 2.05) is 11.7 Å². The van der Waals surface area contributed by atoms with E-state index in [0.29, 0.717) is 17.5 Å². The Kier molecular flexibility index (Phi) is 4.41. The van der Waals surface area contributed by atoms with Crippen LogP contribution in [-0.4, -0.2) is 35.1 Å². The van der Waals surface area contributed by atoms with Crippen molar-refractivity contribution in [2.75, 3.05) is 13.1 Å². The van der Waals surface area contributed by atoms with Crippen molar-refractivity contribution in [2.45, 2.75) is 52.7 Å². The summed E-state index contributed by atoms with van der Waals surface area (Å²) in [5.41, 5.74) is 2.25. The van der Waals surface area contributed by atoms with Crippen LogP contribution in [0.4, 0.5) is 0 Å². The minimum absolute atomic E-state index is 0.324. The summed E-state index contributed by atoms with van der Waals surface area (Å²) in [7, 11) is 0. The molecule has 0 amide bonds. The van der Waals surface area contributed by atoms with Gasteiger partial charge in [0.2, 0.25) is 0 Å². The van der Waals surface area contributed by atoms with Gasteiger partial charge in [0.15, 0.2) is 0 Å². The second-order valence-electron chi connectivity index (χ2n) is 6.29. The Hall–Kier alpha value is -0.450. The smallest absolute Gasteiger partial charge is 0.0794 e. The summed E-state index contributed by atoms with van der Waals surface area (Å²) >= 11 is 1.76. The number of hydrogen-bond donors (Lipinski definition) is 1. The molecule has 2 unspecified atom stereocenters. The zero-order valence-corrected chi connectivity index (χ0v) is 12.8. The van der Waals surface area contributed by atoms with Crippen molar-refractivity contribution in [1.29, 1.82) is 0 Å². The number of piperazine rings is 1. The van der Waals surface area contributed by atoms with Crippen LogP contribution in [0, 0.1) is 5.41 Å². The van der Waals surface area contributed by atoms with E-state index in [2.05, 4.69) is 42.9 Å². The molecular weight excluding hydrogens is 242 g/mol. The number of thiazole rings is 1. The molecule has 0 bridgehead atoms. The van der Waals surface area contributed by atoms with E-state index in [-0.39, 0.29) is 0 Å². The van der Waals surface area contributed by atoms with E-state index in [0.717, 1.165) is 19.6 Å². The molecule has 0 radical (unpaired) electrons. The molecule has 0 spiro atoms. The molecule has 1 aliphatic rings. The lowest BCUT2D eigenvalue weighted by atomic mass is 9.84. The summed E-state index contributed by atoms with van der Waals surface area (Å²) < 4.78 is 0. The fraction of sp³-hybridized carbons (Fsp3) is 0.786. The van der Waals surface area contributed by atoms with Gasteiger partial charge in [-0.05, 0) is 11.8 Å². The van der Waals surface area contributed by atoms with E-state index in [1.54, 1.807) is 11.3 Å². The maximum atomic E-state index is 4.18. The predicted molar refractivity (Wildman–Crippen MR) is 77.8 cm³/mol. The van der Waals surface area contributed by atoms with Gasteiger partial charge in [-0.15, -0.1) is 11.3 Å². The highest BCUT2D eigenvalue weighted by atomic mass is 32.1. The van der Waals surface area contributed by atoms with Gasteiger partial charge in [0.05, 0.1) is 5.51 Å². The Morgan fingerprint density at radius 2 is 2.28 bits per heavy atom. The first-order chi connectivity index (χ1) is 8.50. The van der Waals surface area contributed by atoms with Crippen LogP contribution in [0.25, 0.3) is 0 Å². The molecule has 0 saturated carbocycles. The Morgan fingerprint density at radius 1 is 1.50 bits per heavy atom. The largest absolute Gasteiger partial charge is 0.311 e. The SMILES string of the molecule is CCC1CNC(C(C)(C)C)CN1Cc1cncs1. The molecule has 102 valence electrons. The van der Waals surface area contributed by atoms with Crippen LogP contribution in [-0.2, 0) is 6.54 Å². The van der Waals surface area contributed by atoms with Gasteiger partial charge >= 0.3 is 0 Å². The fourth-order valence-corrected chi connectivity index (χ4v) is 3.17. The summed E-state index contributed by atoms with van der Waals surface area (Å²) in [5.74, 6) is 0. The van der Waals surface area contributed by atoms with Crippen molar-refractivity contribution in [2.24, 2.45) is 5.41 Å². The zero-order chi connectivity index (χ0) is 13.2. The van der Waals surface area contributed by atoms with E-state index < -0.39 is 0 Å². The topological polar surface area (TPSA) is 28.2 Å². The molecule has 1 saturated heterocycles. The van der Waals surface area contributed by atoms with Crippen molar-refractivity contribution in [3.63, 3.8) is 0 Å². The maximum Gasteiger partial charge on any atom is 0.0794 e. The minimum Gasteiger partial charge on any atom is -0.311 e. The Morgan fingerprint density at radius 3 is 2.83 bits per heavy atom. The van der Waals surface area contributed by atoms with Crippen molar-refractivity contribution in [1.82, 2.24) is 15.2 Å². The lowest BCUT2D eigenvalue weighted by Gasteiger charge is -2.44. The third kappa shape index (κ3) is 3.31. The molecule has 2 heterocycles. The van der Waals surface area contributed by atoms with Gasteiger partial charge in [0.1, 0.15) is 0 Å². The highest BCUT2D eigenvalue weighted by molar-refractivity contribution is 7.09. The van der Waals surface area contributed by atoms with Crippen LogP contribution in [0.15, 0.2) is 11.7 Å². The van der Waals surface area contributed by atoms with Gasteiger partial charge in [-0.1, -0.05) is 27.7 Å². The highest BCUT2D eigenvalue weighted by Crippen LogP contribution is 2.25. The van der Waals surface area contributed by atoms with Crippen molar-refractivity contribution in [3.8, 4) is 0 Å². The third-order valence-corrected chi connectivity index (χ3v) is 4.66. The summed E-state index contributed by atoms with van der Waals surface area (Å²) in [6, 6.07) is 1.24. The molecule has 0 aliphatic carbocycles. The van der Waals surface area contributed by atoms with Gasteiger partial charge in [0, 0.05) is 42.8 Å². The minimum atomic E-state index is 0.324. The van der Waals surface area contributed by atoms with Crippen LogP contribution in [0.2, 0.25) is 0 Å². The molecule has 1 aromatic rings. The number of nitrogens with one attached hydrogen (secondary N) is 1. The first kappa shape index (κ1) is 14.0. The Bertz CT molecular complexity index is 356. The van der Waals surface area contributed by atoms with E-state index >= 15 is 0 Å². The average molecular weight is 267 g/mol. The van der Waals surface area contributed by atoms with Gasteiger partial charge in [-0.2, -0.15) is 0 Å². The van der Waals surface area contributed by atoms with Crippen LogP contribution in [0.5, 0.6) is 0 Å². The number of hydrogen-bond acceptors (Lipinski definition) is 4. The monoisotopic (exact) mass is 267 g/mol. The molecule has 1 fully saturated rings. The number of rotatable bonds is 3. The zero-order valence-electron chi connectivity index (χ0n) is 11.9. The molecule has 4 heteroatoms. The maximum absolute atomic E-state index is 4.18. The van der Waals surface area contributed by atoms with Crippen LogP contribution >= 0.6 is 11.3 Å². The van der Waals surface area contributed by atoms with Crippen LogP contribution in [0.3, 0.4) is 0 Å². The third-order valence-electron chi connectivity index (χ3n) is 3.89. The first-order valence-electron chi connectivity index (χ1n) is 6.85. The lowest BCUT2D eigenvalue weighted by molar-refractivity contribution is 0.0783. The van der Waals surface area contributed by atoms with Crippen molar-refractivity contribution < 1.29 is 0 Å². The van der Waals surface area contributed by atoms with E-state index in [1.165, 1.54) is 11.3 Å². The van der Waals surface area contributed by atoms with Crippen LogP contribution in [0.1, 0.15) is 39.0 Å². The molecular formula is C14H25N3S. The van der Waals surface area contributed by atoms with Crippen LogP contribution < -0.4 is 5.32 Å². The summed E-state index contributed by atoms with van der Waals surface area (Å²) in [4.78, 5) is 8.19. The Balaban J connectivity index is 2.04. The molecule has 1 aliphatic heterocycles. The molecule has 3 nitrogen and oxygen atoms in total. The van der Waals surface area contributed by atoms with Gasteiger partial charge in [-0.25, -0.2) is 0 Å². The Labute approximate surface area is 115 Å². The summed E-state index contributed by atoms with van der Waals surface area (Å²) in [6.45, 7) is 12.5. The lowest BCUT2D eigenvalue weighted by Crippen LogP contribution is -2.59. The molecule has 18 heavy (non-hydrogen) atoms. The normalized spacial score (nSPS) is 26.4. The second kappa shape index (κ2) is 5.68. The van der Waals surface area contributed by atoms with E-state index in [9.17, 15) is 0 Å². The quantitative estimate of drug-likeness (QED) is 0.913. The molecule has 2 atom stereocenters. The van der Waals surface area contributed by atoms with Gasteiger partial charge < -0.3 is 5.32 Å². The highest BCUT2D eigenvalue weighted by Gasteiger charge is 2.33. The van der Waals surface area contributed by atoms with Crippen molar-refractivity contribution in [3.05, 3.63) is 16.6 Å². The molecule has 0 aromatic carbocycles. The first-order valence-corrected chi connectivity index (χ1v) is 7.73. The number of aromatic nitrogens is 1. The average Bonchev–Trinajstić information content (AvgIpc) is 2.80. The van der Waals surface area contributed by atoms with E-state index in [4.69, 9.17) is 0 Å². The summed E-state index contributed by atoms with van der Waals surface area (Å²) in [5, 5.41) is 3.72. The predicted octanol–water partition coefficient (Wildman–Crippen LogP) is 2.74. The van der Waals surface area contributed by atoms with Gasteiger partial charge in [-0.3, -0.25) is 9.88 Å². The molecule has 1 N–H and O–H groups in total. The summed E-state index contributed by atoms with van der Waals surface area (Å²) in [6.07, 6.45) is 3.22. The molecule has 1 aromatic heterocycles. The molecule has 2 rings (SSSR count). The second-order valence-corrected chi connectivity index (χ2v) is 7.26.